The third-order valence-corrected chi connectivity index (χ3v) is 2.16. The van der Waals surface area contributed by atoms with Gasteiger partial charge in [-0.15, -0.1) is 0 Å². The zero-order valence-electron chi connectivity index (χ0n) is 8.90. The van der Waals surface area contributed by atoms with Gasteiger partial charge in [0.2, 0.25) is 11.9 Å². The second-order valence-corrected chi connectivity index (χ2v) is 3.54. The summed E-state index contributed by atoms with van der Waals surface area (Å²) < 4.78 is 0. The normalized spacial score (nSPS) is 10.1. The van der Waals surface area contributed by atoms with Gasteiger partial charge in [-0.25, -0.2) is 5.10 Å². The molecule has 0 unspecified atom stereocenters. The van der Waals surface area contributed by atoms with Crippen LogP contribution in [0.4, 0.5) is 5.95 Å². The van der Waals surface area contributed by atoms with Crippen LogP contribution in [0, 0.1) is 6.92 Å². The van der Waals surface area contributed by atoms with E-state index in [9.17, 15) is 4.79 Å². The number of hydrogen-bond donors (Lipinski definition) is 2. The molecule has 5 nitrogen and oxygen atoms in total. The van der Waals surface area contributed by atoms with Gasteiger partial charge in [0.1, 0.15) is 6.33 Å². The SMILES string of the molecule is Cc1ccc(CC(=O)Nc2ncn[nH]2)cc1. The smallest absolute Gasteiger partial charge is 0.231 e. The highest BCUT2D eigenvalue weighted by Gasteiger charge is 2.05. The Labute approximate surface area is 92.9 Å². The Balaban J connectivity index is 1.95. The van der Waals surface area contributed by atoms with Crippen LogP contribution in [0.1, 0.15) is 11.1 Å². The molecule has 0 fully saturated rings. The minimum atomic E-state index is -0.111. The topological polar surface area (TPSA) is 70.7 Å². The van der Waals surface area contributed by atoms with E-state index in [2.05, 4.69) is 20.5 Å². The largest absolute Gasteiger partial charge is 0.295 e. The fourth-order valence-corrected chi connectivity index (χ4v) is 1.33. The molecule has 0 aliphatic rings. The summed E-state index contributed by atoms with van der Waals surface area (Å²) in [5, 5.41) is 8.83. The molecule has 0 spiro atoms. The molecule has 2 aromatic rings. The van der Waals surface area contributed by atoms with Gasteiger partial charge < -0.3 is 0 Å². The number of aromatic amines is 1. The third-order valence-electron chi connectivity index (χ3n) is 2.16. The third kappa shape index (κ3) is 2.66. The second kappa shape index (κ2) is 4.57. The lowest BCUT2D eigenvalue weighted by molar-refractivity contribution is -0.115. The predicted molar refractivity (Wildman–Crippen MR) is 59.9 cm³/mol. The molecule has 1 aromatic heterocycles. The number of nitrogens with one attached hydrogen (secondary N) is 2. The van der Waals surface area contributed by atoms with E-state index in [1.54, 1.807) is 0 Å². The summed E-state index contributed by atoms with van der Waals surface area (Å²) in [4.78, 5) is 15.4. The molecule has 1 aromatic carbocycles. The molecule has 0 aliphatic carbocycles. The van der Waals surface area contributed by atoms with E-state index in [1.165, 1.54) is 11.9 Å². The van der Waals surface area contributed by atoms with Crippen molar-refractivity contribution in [3.63, 3.8) is 0 Å². The number of aromatic nitrogens is 3. The lowest BCUT2D eigenvalue weighted by atomic mass is 10.1. The van der Waals surface area contributed by atoms with Gasteiger partial charge in [-0.1, -0.05) is 29.8 Å². The number of H-pyrrole nitrogens is 1. The Bertz CT molecular complexity index is 461. The van der Waals surface area contributed by atoms with Gasteiger partial charge in [-0.05, 0) is 12.5 Å². The van der Waals surface area contributed by atoms with Gasteiger partial charge in [0.15, 0.2) is 0 Å². The summed E-state index contributed by atoms with van der Waals surface area (Å²) in [5.41, 5.74) is 2.15. The number of aryl methyl sites for hydroxylation is 1. The number of carbonyl (C=O) groups excluding carboxylic acids is 1. The zero-order chi connectivity index (χ0) is 11.4. The molecule has 1 amide bonds. The molecule has 0 atom stereocenters. The van der Waals surface area contributed by atoms with Crippen molar-refractivity contribution < 1.29 is 4.79 Å². The van der Waals surface area contributed by atoms with Gasteiger partial charge >= 0.3 is 0 Å². The van der Waals surface area contributed by atoms with Crippen LogP contribution in [0.15, 0.2) is 30.6 Å². The maximum atomic E-state index is 11.6. The maximum Gasteiger partial charge on any atom is 0.231 e. The highest BCUT2D eigenvalue weighted by molar-refractivity contribution is 5.90. The summed E-state index contributed by atoms with van der Waals surface area (Å²) in [6.07, 6.45) is 1.68. The summed E-state index contributed by atoms with van der Waals surface area (Å²) >= 11 is 0. The van der Waals surface area contributed by atoms with Crippen LogP contribution < -0.4 is 5.32 Å². The van der Waals surface area contributed by atoms with E-state index in [-0.39, 0.29) is 5.91 Å². The standard InChI is InChI=1S/C11H12N4O/c1-8-2-4-9(5-3-8)6-10(16)14-11-12-7-13-15-11/h2-5,7H,6H2,1H3,(H2,12,13,14,15,16). The summed E-state index contributed by atoms with van der Waals surface area (Å²) in [6, 6.07) is 7.85. The van der Waals surface area contributed by atoms with Gasteiger partial charge in [0.05, 0.1) is 6.42 Å². The van der Waals surface area contributed by atoms with E-state index in [0.29, 0.717) is 12.4 Å². The van der Waals surface area contributed by atoms with E-state index in [1.807, 2.05) is 31.2 Å². The molecule has 0 radical (unpaired) electrons. The predicted octanol–water partition coefficient (Wildman–Crippen LogP) is 1.29. The van der Waals surface area contributed by atoms with Crippen molar-refractivity contribution >= 4 is 11.9 Å². The molecular formula is C11H12N4O. The number of anilines is 1. The fraction of sp³-hybridized carbons (Fsp3) is 0.182. The Morgan fingerprint density at radius 3 is 2.75 bits per heavy atom. The minimum absolute atomic E-state index is 0.111. The first kappa shape index (κ1) is 10.4. The number of hydrogen-bond acceptors (Lipinski definition) is 3. The van der Waals surface area contributed by atoms with Crippen molar-refractivity contribution in [1.82, 2.24) is 15.2 Å². The molecule has 82 valence electrons. The van der Waals surface area contributed by atoms with E-state index in [4.69, 9.17) is 0 Å². The summed E-state index contributed by atoms with van der Waals surface area (Å²) in [7, 11) is 0. The van der Waals surface area contributed by atoms with Crippen LogP contribution >= 0.6 is 0 Å². The lowest BCUT2D eigenvalue weighted by Gasteiger charge is -2.02. The molecular weight excluding hydrogens is 204 g/mol. The fourth-order valence-electron chi connectivity index (χ4n) is 1.33. The van der Waals surface area contributed by atoms with Crippen molar-refractivity contribution in [2.45, 2.75) is 13.3 Å². The summed E-state index contributed by atoms with van der Waals surface area (Å²) in [5.74, 6) is 0.262. The summed E-state index contributed by atoms with van der Waals surface area (Å²) in [6.45, 7) is 2.01. The monoisotopic (exact) mass is 216 g/mol. The van der Waals surface area contributed by atoms with Crippen LogP contribution in [-0.2, 0) is 11.2 Å². The van der Waals surface area contributed by atoms with Crippen LogP contribution in [0.3, 0.4) is 0 Å². The molecule has 0 saturated carbocycles. The van der Waals surface area contributed by atoms with E-state index >= 15 is 0 Å². The zero-order valence-corrected chi connectivity index (χ0v) is 8.90. The molecule has 0 saturated heterocycles. The molecule has 2 N–H and O–H groups in total. The number of carbonyl (C=O) groups is 1. The van der Waals surface area contributed by atoms with Gasteiger partial charge in [0.25, 0.3) is 0 Å². The average molecular weight is 216 g/mol. The highest BCUT2D eigenvalue weighted by atomic mass is 16.1. The van der Waals surface area contributed by atoms with Crippen molar-refractivity contribution in [3.05, 3.63) is 41.7 Å². The Kier molecular flexibility index (Phi) is 2.95. The lowest BCUT2D eigenvalue weighted by Crippen LogP contribution is -2.15. The maximum absolute atomic E-state index is 11.6. The first-order chi connectivity index (χ1) is 7.74. The Hall–Kier alpha value is -2.17. The van der Waals surface area contributed by atoms with Crippen LogP contribution in [0.5, 0.6) is 0 Å². The second-order valence-electron chi connectivity index (χ2n) is 3.54. The molecule has 16 heavy (non-hydrogen) atoms. The van der Waals surface area contributed by atoms with Crippen molar-refractivity contribution in [3.8, 4) is 0 Å². The molecule has 2 rings (SSSR count). The van der Waals surface area contributed by atoms with Crippen LogP contribution in [0.25, 0.3) is 0 Å². The van der Waals surface area contributed by atoms with E-state index < -0.39 is 0 Å². The molecule has 0 bridgehead atoms. The van der Waals surface area contributed by atoms with E-state index in [0.717, 1.165) is 5.56 Å². The van der Waals surface area contributed by atoms with Crippen molar-refractivity contribution in [2.75, 3.05) is 5.32 Å². The number of benzene rings is 1. The highest BCUT2D eigenvalue weighted by Crippen LogP contribution is 2.05. The van der Waals surface area contributed by atoms with Crippen molar-refractivity contribution in [2.24, 2.45) is 0 Å². The van der Waals surface area contributed by atoms with Crippen LogP contribution in [-0.4, -0.2) is 21.1 Å². The van der Waals surface area contributed by atoms with Crippen LogP contribution in [0.2, 0.25) is 0 Å². The Morgan fingerprint density at radius 1 is 1.38 bits per heavy atom. The minimum Gasteiger partial charge on any atom is -0.295 e. The van der Waals surface area contributed by atoms with Gasteiger partial charge in [0, 0.05) is 0 Å². The average Bonchev–Trinajstić information content (AvgIpc) is 2.74. The first-order valence-corrected chi connectivity index (χ1v) is 4.95. The van der Waals surface area contributed by atoms with Crippen molar-refractivity contribution in [1.29, 1.82) is 0 Å². The molecule has 0 aliphatic heterocycles. The number of rotatable bonds is 3. The first-order valence-electron chi connectivity index (χ1n) is 4.95. The molecule has 5 heteroatoms. The molecule has 1 heterocycles. The Morgan fingerprint density at radius 2 is 2.12 bits per heavy atom. The quantitative estimate of drug-likeness (QED) is 0.812. The number of nitrogens with zero attached hydrogens (tertiary/aromatic N) is 2. The van der Waals surface area contributed by atoms with Gasteiger partial charge in [-0.3, -0.25) is 10.1 Å². The van der Waals surface area contributed by atoms with Gasteiger partial charge in [-0.2, -0.15) is 10.1 Å². The number of amides is 1.